The van der Waals surface area contributed by atoms with E-state index in [1.165, 1.54) is 24.3 Å². The molecule has 0 aromatic heterocycles. The molecule has 0 N–H and O–H groups in total. The second-order valence-electron chi connectivity index (χ2n) is 8.90. The molecule has 0 aliphatic rings. The number of rotatable bonds is 2. The van der Waals surface area contributed by atoms with Gasteiger partial charge in [-0.25, -0.2) is 0 Å². The van der Waals surface area contributed by atoms with E-state index < -0.39 is 23.5 Å². The number of fused-ring (bicyclic) bond motifs is 2. The van der Waals surface area contributed by atoms with Crippen LogP contribution in [0.3, 0.4) is 0 Å². The van der Waals surface area contributed by atoms with Crippen LogP contribution in [0.25, 0.3) is 43.8 Å². The van der Waals surface area contributed by atoms with Crippen LogP contribution in [-0.4, -0.2) is 0 Å². The molecule has 6 aromatic carbocycles. The van der Waals surface area contributed by atoms with Gasteiger partial charge in [-0.15, -0.1) is 69.1 Å². The Morgan fingerprint density at radius 1 is 0.436 bits per heavy atom. The SMILES string of the molecule is FC(F)(F)c1ccc(-c2cc3ccccc3[cH-]2)cc1.FC(F)(F)c1ccc(-c2cc3ccccc3[cH-]2)cc1.[Ti+2]. The Balaban J connectivity index is 0.000000176. The first-order valence-corrected chi connectivity index (χ1v) is 11.7. The molecule has 6 rings (SSSR count). The number of alkyl halides is 6. The molecule has 0 heterocycles. The first kappa shape index (κ1) is 28.4. The molecule has 194 valence electrons. The van der Waals surface area contributed by atoms with Crippen molar-refractivity contribution in [2.45, 2.75) is 12.4 Å². The summed E-state index contributed by atoms with van der Waals surface area (Å²) in [6.07, 6.45) is -8.56. The van der Waals surface area contributed by atoms with E-state index in [2.05, 4.69) is 0 Å². The van der Waals surface area contributed by atoms with Gasteiger partial charge in [0, 0.05) is 0 Å². The van der Waals surface area contributed by atoms with E-state index in [0.29, 0.717) is 0 Å². The van der Waals surface area contributed by atoms with Crippen LogP contribution in [-0.2, 0) is 34.1 Å². The van der Waals surface area contributed by atoms with Gasteiger partial charge in [0.2, 0.25) is 0 Å². The summed E-state index contributed by atoms with van der Waals surface area (Å²) in [7, 11) is 0. The molecule has 0 aliphatic carbocycles. The number of hydrogen-bond acceptors (Lipinski definition) is 0. The van der Waals surface area contributed by atoms with E-state index >= 15 is 0 Å². The smallest absolute Gasteiger partial charge is 0.166 e. The van der Waals surface area contributed by atoms with E-state index in [4.69, 9.17) is 0 Å². The van der Waals surface area contributed by atoms with E-state index in [1.807, 2.05) is 72.8 Å². The zero-order valence-electron chi connectivity index (χ0n) is 20.3. The molecule has 0 radical (unpaired) electrons. The van der Waals surface area contributed by atoms with Crippen molar-refractivity contribution in [3.63, 3.8) is 0 Å². The van der Waals surface area contributed by atoms with E-state index in [1.54, 1.807) is 0 Å². The second kappa shape index (κ2) is 11.2. The first-order valence-electron chi connectivity index (χ1n) is 11.7. The minimum Gasteiger partial charge on any atom is -0.166 e. The van der Waals surface area contributed by atoms with Gasteiger partial charge < -0.3 is 0 Å². The summed E-state index contributed by atoms with van der Waals surface area (Å²) in [4.78, 5) is 0. The molecule has 0 aliphatic heterocycles. The van der Waals surface area contributed by atoms with Crippen molar-refractivity contribution >= 4 is 21.5 Å². The predicted octanol–water partition coefficient (Wildman–Crippen LogP) is 10.5. The third kappa shape index (κ3) is 6.52. The van der Waals surface area contributed by atoms with Crippen molar-refractivity contribution in [2.24, 2.45) is 0 Å². The normalized spacial score (nSPS) is 11.6. The molecule has 0 atom stereocenters. The van der Waals surface area contributed by atoms with Crippen LogP contribution in [0.2, 0.25) is 0 Å². The molecular weight excluding hydrogens is 546 g/mol. The van der Waals surface area contributed by atoms with Crippen LogP contribution in [0, 0.1) is 0 Å². The fourth-order valence-corrected chi connectivity index (χ4v) is 4.34. The summed E-state index contributed by atoms with van der Waals surface area (Å²) in [5.74, 6) is 0. The van der Waals surface area contributed by atoms with Gasteiger partial charge in [0.15, 0.2) is 0 Å². The summed E-state index contributed by atoms with van der Waals surface area (Å²) >= 11 is 0. The summed E-state index contributed by atoms with van der Waals surface area (Å²) < 4.78 is 74.9. The van der Waals surface area contributed by atoms with Gasteiger partial charge >= 0.3 is 34.1 Å². The average molecular weight is 566 g/mol. The van der Waals surface area contributed by atoms with Crippen LogP contribution in [0.5, 0.6) is 0 Å². The van der Waals surface area contributed by atoms with Crippen LogP contribution in [0.4, 0.5) is 26.3 Å². The maximum absolute atomic E-state index is 12.5. The fourth-order valence-electron chi connectivity index (χ4n) is 4.34. The Labute approximate surface area is 236 Å². The monoisotopic (exact) mass is 566 g/mol. The summed E-state index contributed by atoms with van der Waals surface area (Å²) in [5, 5.41) is 4.38. The molecule has 0 amide bonds. The Kier molecular flexibility index (Phi) is 8.19. The zero-order chi connectivity index (χ0) is 26.9. The van der Waals surface area contributed by atoms with Crippen molar-refractivity contribution in [1.29, 1.82) is 0 Å². The maximum Gasteiger partial charge on any atom is 2.00 e. The standard InChI is InChI=1S/2C16H10F3.Ti/c2*17-16(18,19)15-7-5-11(6-8-15)14-9-12-3-1-2-4-13(12)10-14;/h2*1-10H;/q2*-1;+2. The van der Waals surface area contributed by atoms with Crippen LogP contribution >= 0.6 is 0 Å². The molecular formula is C32H20F6Ti. The van der Waals surface area contributed by atoms with Gasteiger partial charge in [-0.05, 0) is 0 Å². The third-order valence-electron chi connectivity index (χ3n) is 6.33. The van der Waals surface area contributed by atoms with Crippen LogP contribution in [0.1, 0.15) is 11.1 Å². The van der Waals surface area contributed by atoms with Gasteiger partial charge in [0.25, 0.3) is 0 Å². The number of halogens is 6. The van der Waals surface area contributed by atoms with Crippen LogP contribution < -0.4 is 0 Å². The first-order chi connectivity index (χ1) is 18.1. The summed E-state index contributed by atoms with van der Waals surface area (Å²) in [6, 6.07) is 34.2. The van der Waals surface area contributed by atoms with E-state index in [-0.39, 0.29) is 21.7 Å². The maximum atomic E-state index is 12.5. The molecule has 6 aromatic rings. The average Bonchev–Trinajstić information content (AvgIpc) is 3.53. The van der Waals surface area contributed by atoms with Crippen molar-refractivity contribution in [3.8, 4) is 22.3 Å². The van der Waals surface area contributed by atoms with Gasteiger partial charge in [-0.1, -0.05) is 96.1 Å². The summed E-state index contributed by atoms with van der Waals surface area (Å²) in [5.41, 5.74) is 2.23. The zero-order valence-corrected chi connectivity index (χ0v) is 21.9. The Bertz CT molecular complexity index is 1470. The van der Waals surface area contributed by atoms with Gasteiger partial charge in [0.05, 0.1) is 11.1 Å². The molecule has 0 spiro atoms. The Hall–Kier alpha value is -3.61. The quantitative estimate of drug-likeness (QED) is 0.111. The largest absolute Gasteiger partial charge is 2.00 e. The minimum atomic E-state index is -4.28. The van der Waals surface area contributed by atoms with Crippen molar-refractivity contribution < 1.29 is 48.1 Å². The molecule has 0 bridgehead atoms. The molecule has 0 fully saturated rings. The molecule has 39 heavy (non-hydrogen) atoms. The number of benzene rings is 4. The van der Waals surface area contributed by atoms with Crippen molar-refractivity contribution in [1.82, 2.24) is 0 Å². The molecule has 0 unspecified atom stereocenters. The Morgan fingerprint density at radius 3 is 1.08 bits per heavy atom. The van der Waals surface area contributed by atoms with Crippen molar-refractivity contribution in [2.75, 3.05) is 0 Å². The van der Waals surface area contributed by atoms with Crippen LogP contribution in [0.15, 0.2) is 121 Å². The third-order valence-corrected chi connectivity index (χ3v) is 6.33. The summed E-state index contributed by atoms with van der Waals surface area (Å²) in [6.45, 7) is 0. The molecule has 0 saturated carbocycles. The van der Waals surface area contributed by atoms with Gasteiger partial charge in [0.1, 0.15) is 0 Å². The second-order valence-corrected chi connectivity index (χ2v) is 8.90. The topological polar surface area (TPSA) is 0 Å². The van der Waals surface area contributed by atoms with Crippen molar-refractivity contribution in [3.05, 3.63) is 132 Å². The fraction of sp³-hybridized carbons (Fsp3) is 0.0625. The number of hydrogen-bond donors (Lipinski definition) is 0. The van der Waals surface area contributed by atoms with E-state index in [9.17, 15) is 26.3 Å². The Morgan fingerprint density at radius 2 is 0.769 bits per heavy atom. The predicted molar refractivity (Wildman–Crippen MR) is 140 cm³/mol. The van der Waals surface area contributed by atoms with Gasteiger partial charge in [-0.2, -0.15) is 26.3 Å². The molecule has 0 saturated heterocycles. The van der Waals surface area contributed by atoms with E-state index in [0.717, 1.165) is 68.1 Å². The molecule has 7 heteroatoms. The minimum absolute atomic E-state index is 0. The molecule has 0 nitrogen and oxygen atoms in total. The van der Waals surface area contributed by atoms with Gasteiger partial charge in [-0.3, -0.25) is 0 Å².